The Hall–Kier alpha value is -3.38. The first-order valence-electron chi connectivity index (χ1n) is 12.3. The highest BCUT2D eigenvalue weighted by Crippen LogP contribution is 2.38. The zero-order valence-corrected chi connectivity index (χ0v) is 23.1. The molecule has 12 heteroatoms. The van der Waals surface area contributed by atoms with Crippen LogP contribution in [0.3, 0.4) is 0 Å². The van der Waals surface area contributed by atoms with Crippen molar-refractivity contribution in [3.05, 3.63) is 40.3 Å². The van der Waals surface area contributed by atoms with Crippen LogP contribution < -0.4 is 10.6 Å². The summed E-state index contributed by atoms with van der Waals surface area (Å²) in [4.78, 5) is 64.0. The number of ether oxygens (including phenoxy) is 1. The number of amides is 3. The predicted molar refractivity (Wildman–Crippen MR) is 146 cm³/mol. The number of thioether (sulfide) groups is 1. The van der Waals surface area contributed by atoms with Crippen molar-refractivity contribution < 1.29 is 33.8 Å². The number of thiophene rings is 1. The maximum atomic E-state index is 13.3. The van der Waals surface area contributed by atoms with Crippen LogP contribution in [0.5, 0.6) is 0 Å². The van der Waals surface area contributed by atoms with Gasteiger partial charge >= 0.3 is 11.9 Å². The second-order valence-corrected chi connectivity index (χ2v) is 11.0. The van der Waals surface area contributed by atoms with Gasteiger partial charge in [-0.2, -0.15) is 0 Å². The van der Waals surface area contributed by atoms with Gasteiger partial charge < -0.3 is 25.4 Å². The molecule has 10 nitrogen and oxygen atoms in total. The minimum Gasteiger partial charge on any atom is -0.481 e. The third kappa shape index (κ3) is 7.57. The van der Waals surface area contributed by atoms with Crippen molar-refractivity contribution >= 4 is 63.4 Å². The molecule has 2 heterocycles. The number of aliphatic carboxylic acids is 1. The van der Waals surface area contributed by atoms with Crippen LogP contribution in [-0.4, -0.2) is 58.1 Å². The number of hydrogen-bond donors (Lipinski definition) is 3. The molecule has 38 heavy (non-hydrogen) atoms. The van der Waals surface area contributed by atoms with Gasteiger partial charge in [0.15, 0.2) is 0 Å². The summed E-state index contributed by atoms with van der Waals surface area (Å²) in [6.45, 7) is 6.19. The summed E-state index contributed by atoms with van der Waals surface area (Å²) < 4.78 is 5.27. The molecule has 1 aromatic carbocycles. The Morgan fingerprint density at radius 1 is 1.16 bits per heavy atom. The quantitative estimate of drug-likeness (QED) is 0.274. The number of hydrogen-bond acceptors (Lipinski definition) is 8. The molecule has 2 aromatic rings. The van der Waals surface area contributed by atoms with Crippen molar-refractivity contribution in [3.8, 4) is 0 Å². The maximum absolute atomic E-state index is 13.3. The number of carbonyl (C=O) groups excluding carboxylic acids is 4. The lowest BCUT2D eigenvalue weighted by Crippen LogP contribution is -2.34. The molecule has 0 radical (unpaired) electrons. The van der Waals surface area contributed by atoms with Crippen molar-refractivity contribution in [2.45, 2.75) is 63.1 Å². The Morgan fingerprint density at radius 2 is 1.92 bits per heavy atom. The Morgan fingerprint density at radius 3 is 2.58 bits per heavy atom. The highest BCUT2D eigenvalue weighted by atomic mass is 32.2. The highest BCUT2D eigenvalue weighted by molar-refractivity contribution is 8.00. The van der Waals surface area contributed by atoms with E-state index in [0.29, 0.717) is 42.2 Å². The van der Waals surface area contributed by atoms with Crippen molar-refractivity contribution in [3.63, 3.8) is 0 Å². The number of carbonyl (C=O) groups is 5. The van der Waals surface area contributed by atoms with Gasteiger partial charge in [-0.05, 0) is 43.5 Å². The summed E-state index contributed by atoms with van der Waals surface area (Å²) in [5.74, 6) is -2.27. The third-order valence-electron chi connectivity index (χ3n) is 5.84. The Labute approximate surface area is 229 Å². The van der Waals surface area contributed by atoms with E-state index < -0.39 is 23.1 Å². The topological polar surface area (TPSA) is 142 Å². The molecule has 0 fully saturated rings. The molecule has 3 rings (SSSR count). The predicted octanol–water partition coefficient (Wildman–Crippen LogP) is 4.14. The number of nitrogens with zero attached hydrogens (tertiary/aromatic N) is 1. The Balaban J connectivity index is 1.75. The number of esters is 1. The minimum absolute atomic E-state index is 0.0462. The standard InChI is InChI=1S/C26H31N3O7S2/c1-4-19(37-17-8-6-7-16(13-17)27-21(31)9-10-22(32)33)24(34)28-25-23(26(35)36-5-2)18-11-12-29(15(3)30)14-20(18)38-25/h6-8,13,19H,4-5,9-12,14H2,1-3H3,(H,27,31)(H,28,34)(H,32,33). The lowest BCUT2D eigenvalue weighted by molar-refractivity contribution is -0.138. The van der Waals surface area contributed by atoms with Crippen LogP contribution in [0.4, 0.5) is 10.7 Å². The number of anilines is 2. The Kier molecular flexibility index (Phi) is 10.3. The molecule has 0 spiro atoms. The zero-order chi connectivity index (χ0) is 27.8. The monoisotopic (exact) mass is 561 g/mol. The lowest BCUT2D eigenvalue weighted by atomic mass is 10.0. The first-order chi connectivity index (χ1) is 18.1. The van der Waals surface area contributed by atoms with Crippen LogP contribution in [-0.2, 0) is 36.9 Å². The molecule has 0 bridgehead atoms. The second-order valence-electron chi connectivity index (χ2n) is 8.59. The Bertz CT molecular complexity index is 1230. The summed E-state index contributed by atoms with van der Waals surface area (Å²) in [7, 11) is 0. The van der Waals surface area contributed by atoms with E-state index in [1.54, 1.807) is 30.0 Å². The summed E-state index contributed by atoms with van der Waals surface area (Å²) >= 11 is 2.61. The normalized spacial score (nSPS) is 13.3. The number of carboxylic acid groups (broad SMARTS) is 1. The first-order valence-corrected chi connectivity index (χ1v) is 14.0. The van der Waals surface area contributed by atoms with Crippen LogP contribution in [0.15, 0.2) is 29.2 Å². The van der Waals surface area contributed by atoms with E-state index in [1.165, 1.54) is 30.0 Å². The number of nitrogens with one attached hydrogen (secondary N) is 2. The smallest absolute Gasteiger partial charge is 0.341 e. The van der Waals surface area contributed by atoms with Crippen molar-refractivity contribution in [1.82, 2.24) is 4.90 Å². The van der Waals surface area contributed by atoms with E-state index in [1.807, 2.05) is 13.0 Å². The molecular formula is C26H31N3O7S2. The van der Waals surface area contributed by atoms with E-state index in [4.69, 9.17) is 9.84 Å². The molecule has 1 aromatic heterocycles. The number of benzene rings is 1. The van der Waals surface area contributed by atoms with Gasteiger partial charge in [0.2, 0.25) is 17.7 Å². The fourth-order valence-corrected chi connectivity index (χ4v) is 6.22. The van der Waals surface area contributed by atoms with Gasteiger partial charge in [0.1, 0.15) is 5.00 Å². The van der Waals surface area contributed by atoms with Crippen LogP contribution in [0, 0.1) is 0 Å². The lowest BCUT2D eigenvalue weighted by Gasteiger charge is -2.25. The zero-order valence-electron chi connectivity index (χ0n) is 21.5. The highest BCUT2D eigenvalue weighted by Gasteiger charge is 2.31. The molecule has 0 saturated heterocycles. The van der Waals surface area contributed by atoms with Crippen molar-refractivity contribution in [1.29, 1.82) is 0 Å². The fourth-order valence-electron chi connectivity index (χ4n) is 3.95. The van der Waals surface area contributed by atoms with E-state index >= 15 is 0 Å². The van der Waals surface area contributed by atoms with Gasteiger partial charge in [-0.25, -0.2) is 4.79 Å². The summed E-state index contributed by atoms with van der Waals surface area (Å²) in [5, 5.41) is 14.3. The van der Waals surface area contributed by atoms with Gasteiger partial charge in [-0.3, -0.25) is 19.2 Å². The van der Waals surface area contributed by atoms with Gasteiger partial charge in [-0.1, -0.05) is 13.0 Å². The van der Waals surface area contributed by atoms with Crippen LogP contribution in [0.25, 0.3) is 0 Å². The van der Waals surface area contributed by atoms with Crippen LogP contribution >= 0.6 is 23.1 Å². The second kappa shape index (κ2) is 13.4. The average molecular weight is 562 g/mol. The number of carboxylic acids is 1. The summed E-state index contributed by atoms with van der Waals surface area (Å²) in [6, 6.07) is 6.98. The molecule has 3 amide bonds. The van der Waals surface area contributed by atoms with Gasteiger partial charge in [-0.15, -0.1) is 23.1 Å². The molecule has 0 saturated carbocycles. The number of fused-ring (bicyclic) bond motifs is 1. The average Bonchev–Trinajstić information content (AvgIpc) is 3.23. The van der Waals surface area contributed by atoms with Gasteiger partial charge in [0.25, 0.3) is 0 Å². The van der Waals surface area contributed by atoms with Crippen molar-refractivity contribution in [2.24, 2.45) is 0 Å². The molecule has 1 aliphatic rings. The molecular weight excluding hydrogens is 530 g/mol. The fraction of sp³-hybridized carbons (Fsp3) is 0.423. The molecule has 1 atom stereocenters. The van der Waals surface area contributed by atoms with E-state index in [2.05, 4.69) is 10.6 Å². The molecule has 0 aliphatic carbocycles. The molecule has 3 N–H and O–H groups in total. The minimum atomic E-state index is -1.05. The first kappa shape index (κ1) is 29.2. The van der Waals surface area contributed by atoms with Crippen LogP contribution in [0.1, 0.15) is 60.8 Å². The van der Waals surface area contributed by atoms with E-state index in [-0.39, 0.29) is 31.3 Å². The van der Waals surface area contributed by atoms with Gasteiger partial charge in [0, 0.05) is 35.3 Å². The molecule has 1 unspecified atom stereocenters. The SMILES string of the molecule is CCOC(=O)c1c(NC(=O)C(CC)Sc2cccc(NC(=O)CCC(=O)O)c2)sc2c1CCN(C(C)=O)C2. The molecule has 1 aliphatic heterocycles. The largest absolute Gasteiger partial charge is 0.481 e. The van der Waals surface area contributed by atoms with E-state index in [0.717, 1.165) is 15.3 Å². The van der Waals surface area contributed by atoms with Crippen LogP contribution in [0.2, 0.25) is 0 Å². The van der Waals surface area contributed by atoms with E-state index in [9.17, 15) is 24.0 Å². The summed E-state index contributed by atoms with van der Waals surface area (Å²) in [5.41, 5.74) is 1.67. The molecule has 204 valence electrons. The third-order valence-corrected chi connectivity index (χ3v) is 8.33. The summed E-state index contributed by atoms with van der Waals surface area (Å²) in [6.07, 6.45) is 0.617. The van der Waals surface area contributed by atoms with Crippen molar-refractivity contribution in [2.75, 3.05) is 23.8 Å². The maximum Gasteiger partial charge on any atom is 0.341 e. The van der Waals surface area contributed by atoms with Gasteiger partial charge in [0.05, 0.1) is 30.4 Å². The number of rotatable bonds is 11.